The lowest BCUT2D eigenvalue weighted by molar-refractivity contribution is -0.131. The van der Waals surface area contributed by atoms with Crippen LogP contribution in [-0.4, -0.2) is 54.3 Å². The third kappa shape index (κ3) is 2.10. The Kier molecular flexibility index (Phi) is 3.28. The standard InChI is InChI=1S/C15H17N3O2/c1-11-12-4-2-3-5-13(12)15(20)18(11)10-14(19)17-8-6-16-7-9-17/h2-5,16H,1,6-10H2. The molecule has 2 amide bonds. The van der Waals surface area contributed by atoms with Gasteiger partial charge >= 0.3 is 0 Å². The van der Waals surface area contributed by atoms with E-state index < -0.39 is 0 Å². The lowest BCUT2D eigenvalue weighted by atomic mass is 10.1. The van der Waals surface area contributed by atoms with Crippen molar-refractivity contribution < 1.29 is 9.59 Å². The fraction of sp³-hybridized carbons (Fsp3) is 0.333. The number of carbonyl (C=O) groups is 2. The molecule has 1 aromatic rings. The Balaban J connectivity index is 1.74. The van der Waals surface area contributed by atoms with Crippen LogP contribution in [0.15, 0.2) is 30.8 Å². The molecule has 5 heteroatoms. The van der Waals surface area contributed by atoms with Gasteiger partial charge in [-0.05, 0) is 6.07 Å². The second-order valence-corrected chi connectivity index (χ2v) is 5.01. The first-order valence-electron chi connectivity index (χ1n) is 6.77. The van der Waals surface area contributed by atoms with Gasteiger partial charge in [0, 0.05) is 43.0 Å². The maximum Gasteiger partial charge on any atom is 0.259 e. The van der Waals surface area contributed by atoms with E-state index in [-0.39, 0.29) is 18.4 Å². The number of hydrogen-bond acceptors (Lipinski definition) is 3. The van der Waals surface area contributed by atoms with Crippen LogP contribution in [0.25, 0.3) is 5.70 Å². The summed E-state index contributed by atoms with van der Waals surface area (Å²) in [6.45, 7) is 7.03. The molecule has 0 aromatic heterocycles. The molecule has 2 aliphatic heterocycles. The maximum absolute atomic E-state index is 12.3. The number of nitrogens with zero attached hydrogens (tertiary/aromatic N) is 2. The molecule has 0 aliphatic carbocycles. The summed E-state index contributed by atoms with van der Waals surface area (Å²) in [7, 11) is 0. The summed E-state index contributed by atoms with van der Waals surface area (Å²) in [5.74, 6) is -0.150. The molecule has 2 aliphatic rings. The molecule has 2 heterocycles. The van der Waals surface area contributed by atoms with Crippen molar-refractivity contribution in [3.8, 4) is 0 Å². The van der Waals surface area contributed by atoms with Crippen molar-refractivity contribution in [1.82, 2.24) is 15.1 Å². The molecule has 0 bridgehead atoms. The molecule has 3 rings (SSSR count). The Morgan fingerprint density at radius 2 is 1.85 bits per heavy atom. The van der Waals surface area contributed by atoms with E-state index in [1.807, 2.05) is 18.2 Å². The molecule has 1 aromatic carbocycles. The molecule has 1 saturated heterocycles. The van der Waals surface area contributed by atoms with Crippen molar-refractivity contribution in [2.45, 2.75) is 0 Å². The molecule has 104 valence electrons. The third-order valence-electron chi connectivity index (χ3n) is 3.80. The zero-order valence-electron chi connectivity index (χ0n) is 11.3. The van der Waals surface area contributed by atoms with E-state index in [0.717, 1.165) is 18.7 Å². The number of benzene rings is 1. The Morgan fingerprint density at radius 1 is 1.20 bits per heavy atom. The van der Waals surface area contributed by atoms with E-state index in [2.05, 4.69) is 11.9 Å². The minimum absolute atomic E-state index is 0.0196. The summed E-state index contributed by atoms with van der Waals surface area (Å²) < 4.78 is 0. The normalized spacial score (nSPS) is 18.4. The summed E-state index contributed by atoms with van der Waals surface area (Å²) in [4.78, 5) is 27.8. The maximum atomic E-state index is 12.3. The van der Waals surface area contributed by atoms with E-state index >= 15 is 0 Å². The van der Waals surface area contributed by atoms with Gasteiger partial charge in [0.1, 0.15) is 6.54 Å². The monoisotopic (exact) mass is 271 g/mol. The molecule has 1 fully saturated rings. The van der Waals surface area contributed by atoms with Crippen molar-refractivity contribution in [3.63, 3.8) is 0 Å². The lowest BCUT2D eigenvalue weighted by Gasteiger charge is -2.29. The number of fused-ring (bicyclic) bond motifs is 1. The molecule has 1 N–H and O–H groups in total. The summed E-state index contributed by atoms with van der Waals surface area (Å²) >= 11 is 0. The van der Waals surface area contributed by atoms with Gasteiger partial charge in [0.15, 0.2) is 0 Å². The van der Waals surface area contributed by atoms with Crippen molar-refractivity contribution in [1.29, 1.82) is 0 Å². The molecule has 5 nitrogen and oxygen atoms in total. The number of hydrogen-bond donors (Lipinski definition) is 1. The van der Waals surface area contributed by atoms with E-state index in [1.54, 1.807) is 11.0 Å². The Morgan fingerprint density at radius 3 is 2.50 bits per heavy atom. The summed E-state index contributed by atoms with van der Waals surface area (Å²) in [5.41, 5.74) is 2.07. The van der Waals surface area contributed by atoms with Gasteiger partial charge in [-0.2, -0.15) is 0 Å². The molecule has 0 saturated carbocycles. The van der Waals surface area contributed by atoms with E-state index in [4.69, 9.17) is 0 Å². The predicted molar refractivity (Wildman–Crippen MR) is 76.0 cm³/mol. The van der Waals surface area contributed by atoms with Crippen LogP contribution in [0.5, 0.6) is 0 Å². The van der Waals surface area contributed by atoms with Crippen LogP contribution in [0.4, 0.5) is 0 Å². The van der Waals surface area contributed by atoms with Crippen LogP contribution in [0.2, 0.25) is 0 Å². The van der Waals surface area contributed by atoms with Gasteiger partial charge in [-0.15, -0.1) is 0 Å². The van der Waals surface area contributed by atoms with Crippen LogP contribution in [0.1, 0.15) is 15.9 Å². The number of amides is 2. The highest BCUT2D eigenvalue weighted by Crippen LogP contribution is 2.30. The first-order valence-corrected chi connectivity index (χ1v) is 6.77. The van der Waals surface area contributed by atoms with Crippen LogP contribution < -0.4 is 5.32 Å². The molecular weight excluding hydrogens is 254 g/mol. The number of piperazine rings is 1. The fourth-order valence-electron chi connectivity index (χ4n) is 2.65. The molecule has 0 unspecified atom stereocenters. The summed E-state index contributed by atoms with van der Waals surface area (Å²) in [6, 6.07) is 7.34. The highest BCUT2D eigenvalue weighted by atomic mass is 16.2. The van der Waals surface area contributed by atoms with E-state index in [9.17, 15) is 9.59 Å². The minimum atomic E-state index is -0.130. The number of carbonyl (C=O) groups excluding carboxylic acids is 2. The zero-order valence-corrected chi connectivity index (χ0v) is 11.3. The third-order valence-corrected chi connectivity index (χ3v) is 3.80. The summed E-state index contributed by atoms with van der Waals surface area (Å²) in [6.07, 6.45) is 0. The lowest BCUT2D eigenvalue weighted by Crippen LogP contribution is -2.49. The van der Waals surface area contributed by atoms with Gasteiger partial charge in [-0.1, -0.05) is 24.8 Å². The number of rotatable bonds is 2. The zero-order chi connectivity index (χ0) is 14.1. The van der Waals surface area contributed by atoms with Crippen LogP contribution in [0, 0.1) is 0 Å². The van der Waals surface area contributed by atoms with Crippen molar-refractivity contribution in [3.05, 3.63) is 42.0 Å². The average molecular weight is 271 g/mol. The topological polar surface area (TPSA) is 52.7 Å². The van der Waals surface area contributed by atoms with Crippen molar-refractivity contribution in [2.24, 2.45) is 0 Å². The first-order chi connectivity index (χ1) is 9.68. The van der Waals surface area contributed by atoms with Gasteiger partial charge in [-0.3, -0.25) is 14.5 Å². The van der Waals surface area contributed by atoms with Crippen molar-refractivity contribution in [2.75, 3.05) is 32.7 Å². The Labute approximate surface area is 117 Å². The second kappa shape index (κ2) is 5.09. The smallest absolute Gasteiger partial charge is 0.259 e. The highest BCUT2D eigenvalue weighted by molar-refractivity contribution is 6.10. The number of nitrogens with one attached hydrogen (secondary N) is 1. The molecule has 0 spiro atoms. The quantitative estimate of drug-likeness (QED) is 0.854. The van der Waals surface area contributed by atoms with Gasteiger partial charge in [-0.25, -0.2) is 0 Å². The molecule has 0 radical (unpaired) electrons. The van der Waals surface area contributed by atoms with Crippen LogP contribution >= 0.6 is 0 Å². The van der Waals surface area contributed by atoms with Gasteiger partial charge in [0.2, 0.25) is 5.91 Å². The van der Waals surface area contributed by atoms with E-state index in [1.165, 1.54) is 4.90 Å². The fourth-order valence-corrected chi connectivity index (χ4v) is 2.65. The predicted octanol–water partition coefficient (Wildman–Crippen LogP) is 0.545. The molecule has 20 heavy (non-hydrogen) atoms. The van der Waals surface area contributed by atoms with Crippen LogP contribution in [0.3, 0.4) is 0 Å². The van der Waals surface area contributed by atoms with Crippen LogP contribution in [-0.2, 0) is 4.79 Å². The second-order valence-electron chi connectivity index (χ2n) is 5.01. The van der Waals surface area contributed by atoms with Gasteiger partial charge < -0.3 is 10.2 Å². The highest BCUT2D eigenvalue weighted by Gasteiger charge is 2.33. The Bertz CT molecular complexity index is 541. The molecular formula is C15H17N3O2. The Hall–Kier alpha value is -2.14. The largest absolute Gasteiger partial charge is 0.339 e. The average Bonchev–Trinajstić information content (AvgIpc) is 2.74. The van der Waals surface area contributed by atoms with E-state index in [0.29, 0.717) is 24.4 Å². The summed E-state index contributed by atoms with van der Waals surface area (Å²) in [5, 5.41) is 3.20. The molecule has 0 atom stereocenters. The van der Waals surface area contributed by atoms with Gasteiger partial charge in [0.05, 0.1) is 0 Å². The van der Waals surface area contributed by atoms with Crippen molar-refractivity contribution >= 4 is 17.5 Å². The minimum Gasteiger partial charge on any atom is -0.339 e. The SMILES string of the molecule is C=C1c2ccccc2C(=O)N1CC(=O)N1CCNCC1. The van der Waals surface area contributed by atoms with Gasteiger partial charge in [0.25, 0.3) is 5.91 Å². The first kappa shape index (κ1) is 12.9.